The SMILES string of the molecule is Cc1c(Cl)nnc2c1ncn2C1CCC2CCC1N2C(=O)O. The van der Waals surface area contributed by atoms with E-state index in [4.69, 9.17) is 11.6 Å². The molecular formula is C14H16ClN5O2. The van der Waals surface area contributed by atoms with Crippen LogP contribution in [0.3, 0.4) is 0 Å². The third-order valence-corrected chi connectivity index (χ3v) is 5.39. The van der Waals surface area contributed by atoms with Crippen molar-refractivity contribution in [2.45, 2.75) is 50.7 Å². The van der Waals surface area contributed by atoms with E-state index in [9.17, 15) is 9.90 Å². The molecule has 0 aliphatic carbocycles. The van der Waals surface area contributed by atoms with Crippen molar-refractivity contribution in [1.82, 2.24) is 24.6 Å². The van der Waals surface area contributed by atoms with Crippen LogP contribution in [0.25, 0.3) is 11.2 Å². The number of imidazole rings is 1. The van der Waals surface area contributed by atoms with Gasteiger partial charge in [-0.05, 0) is 32.6 Å². The minimum absolute atomic E-state index is 0.00793. The number of carboxylic acid groups (broad SMARTS) is 1. The molecule has 4 heterocycles. The maximum absolute atomic E-state index is 11.5. The van der Waals surface area contributed by atoms with E-state index in [1.165, 1.54) is 0 Å². The number of aryl methyl sites for hydroxylation is 1. The smallest absolute Gasteiger partial charge is 0.407 e. The van der Waals surface area contributed by atoms with E-state index in [2.05, 4.69) is 15.2 Å². The van der Waals surface area contributed by atoms with Crippen molar-refractivity contribution in [1.29, 1.82) is 0 Å². The van der Waals surface area contributed by atoms with E-state index in [0.29, 0.717) is 10.8 Å². The molecule has 7 nitrogen and oxygen atoms in total. The average Bonchev–Trinajstić information content (AvgIpc) is 3.05. The number of carbonyl (C=O) groups is 1. The van der Waals surface area contributed by atoms with Crippen LogP contribution in [0.2, 0.25) is 5.15 Å². The summed E-state index contributed by atoms with van der Waals surface area (Å²) < 4.78 is 1.98. The fourth-order valence-electron chi connectivity index (χ4n) is 3.98. The summed E-state index contributed by atoms with van der Waals surface area (Å²) in [5.41, 5.74) is 2.23. The number of nitrogens with zero attached hydrogens (tertiary/aromatic N) is 5. The number of halogens is 1. The second kappa shape index (κ2) is 4.81. The number of rotatable bonds is 1. The largest absolute Gasteiger partial charge is 0.465 e. The van der Waals surface area contributed by atoms with Gasteiger partial charge in [-0.15, -0.1) is 10.2 Å². The van der Waals surface area contributed by atoms with E-state index in [1.54, 1.807) is 11.2 Å². The predicted octanol–water partition coefficient (Wildman–Crippen LogP) is 2.63. The fourth-order valence-corrected chi connectivity index (χ4v) is 4.10. The molecule has 2 aliphatic rings. The summed E-state index contributed by atoms with van der Waals surface area (Å²) in [5.74, 6) is 0. The molecule has 1 amide bonds. The van der Waals surface area contributed by atoms with Gasteiger partial charge in [0.05, 0.1) is 18.4 Å². The van der Waals surface area contributed by atoms with Gasteiger partial charge >= 0.3 is 6.09 Å². The highest BCUT2D eigenvalue weighted by Crippen LogP contribution is 2.42. The Labute approximate surface area is 131 Å². The molecule has 22 heavy (non-hydrogen) atoms. The average molecular weight is 322 g/mol. The summed E-state index contributed by atoms with van der Waals surface area (Å²) in [6.45, 7) is 1.87. The Morgan fingerprint density at radius 1 is 1.27 bits per heavy atom. The molecular weight excluding hydrogens is 306 g/mol. The highest BCUT2D eigenvalue weighted by molar-refractivity contribution is 6.30. The molecule has 116 valence electrons. The standard InChI is InChI=1S/C14H16ClN5O2/c1-7-11-13(18-17-12(7)15)19(6-16-11)9-4-2-8-3-5-10(9)20(8)14(21)22/h6,8-10H,2-5H2,1H3,(H,21,22). The first kappa shape index (κ1) is 13.8. The van der Waals surface area contributed by atoms with Crippen LogP contribution in [-0.4, -0.2) is 47.9 Å². The Balaban J connectivity index is 1.79. The van der Waals surface area contributed by atoms with Crippen LogP contribution in [-0.2, 0) is 0 Å². The van der Waals surface area contributed by atoms with Crippen molar-refractivity contribution in [3.63, 3.8) is 0 Å². The van der Waals surface area contributed by atoms with Crippen LogP contribution < -0.4 is 0 Å². The lowest BCUT2D eigenvalue weighted by atomic mass is 9.97. The van der Waals surface area contributed by atoms with Gasteiger partial charge in [0.25, 0.3) is 0 Å². The van der Waals surface area contributed by atoms with Gasteiger partial charge < -0.3 is 14.6 Å². The number of amides is 1. The molecule has 8 heteroatoms. The topological polar surface area (TPSA) is 84.1 Å². The van der Waals surface area contributed by atoms with Crippen molar-refractivity contribution >= 4 is 28.9 Å². The molecule has 2 aromatic heterocycles. The summed E-state index contributed by atoms with van der Waals surface area (Å²) in [6, 6.07) is 0.219. The Morgan fingerprint density at radius 3 is 2.73 bits per heavy atom. The number of aromatic nitrogens is 4. The number of hydrogen-bond donors (Lipinski definition) is 1. The first-order chi connectivity index (χ1) is 10.6. The van der Waals surface area contributed by atoms with Gasteiger partial charge in [-0.25, -0.2) is 9.78 Å². The third-order valence-electron chi connectivity index (χ3n) is 5.03. The maximum Gasteiger partial charge on any atom is 0.407 e. The quantitative estimate of drug-likeness (QED) is 0.872. The first-order valence-corrected chi connectivity index (χ1v) is 7.82. The minimum Gasteiger partial charge on any atom is -0.465 e. The summed E-state index contributed by atoms with van der Waals surface area (Å²) >= 11 is 6.00. The van der Waals surface area contributed by atoms with Gasteiger partial charge in [-0.1, -0.05) is 11.6 Å². The molecule has 0 aromatic carbocycles. The number of fused-ring (bicyclic) bond motifs is 3. The normalized spacial score (nSPS) is 27.5. The molecule has 2 saturated heterocycles. The molecule has 2 aliphatic heterocycles. The molecule has 2 fully saturated rings. The Morgan fingerprint density at radius 2 is 2.00 bits per heavy atom. The van der Waals surface area contributed by atoms with Crippen molar-refractivity contribution in [3.8, 4) is 0 Å². The Hall–Kier alpha value is -1.89. The first-order valence-electron chi connectivity index (χ1n) is 7.44. The van der Waals surface area contributed by atoms with Gasteiger partial charge in [0, 0.05) is 11.6 Å². The Bertz CT molecular complexity index is 761. The van der Waals surface area contributed by atoms with Crippen LogP contribution in [0.1, 0.15) is 37.3 Å². The van der Waals surface area contributed by atoms with E-state index in [0.717, 1.165) is 36.8 Å². The van der Waals surface area contributed by atoms with Crippen molar-refractivity contribution < 1.29 is 9.90 Å². The number of hydrogen-bond acceptors (Lipinski definition) is 4. The van der Waals surface area contributed by atoms with E-state index in [-0.39, 0.29) is 18.1 Å². The van der Waals surface area contributed by atoms with Gasteiger partial charge in [0.2, 0.25) is 0 Å². The lowest BCUT2D eigenvalue weighted by Gasteiger charge is -2.38. The van der Waals surface area contributed by atoms with E-state index in [1.807, 2.05) is 11.5 Å². The predicted molar refractivity (Wildman–Crippen MR) is 80.0 cm³/mol. The summed E-state index contributed by atoms with van der Waals surface area (Å²) in [5, 5.41) is 18.0. The van der Waals surface area contributed by atoms with Crippen LogP contribution in [0.4, 0.5) is 4.79 Å². The molecule has 0 radical (unpaired) electrons. The molecule has 1 N–H and O–H groups in total. The molecule has 2 bridgehead atoms. The molecule has 3 atom stereocenters. The highest BCUT2D eigenvalue weighted by Gasteiger charge is 2.46. The van der Waals surface area contributed by atoms with Gasteiger partial charge in [-0.3, -0.25) is 0 Å². The molecule has 2 aromatic rings. The Kier molecular flexibility index (Phi) is 3.00. The molecule has 4 rings (SSSR count). The molecule has 3 unspecified atom stereocenters. The minimum atomic E-state index is -0.827. The van der Waals surface area contributed by atoms with Gasteiger partial charge in [0.1, 0.15) is 5.52 Å². The van der Waals surface area contributed by atoms with Gasteiger partial charge in [0.15, 0.2) is 10.8 Å². The van der Waals surface area contributed by atoms with Crippen LogP contribution in [0, 0.1) is 6.92 Å². The summed E-state index contributed by atoms with van der Waals surface area (Å²) in [4.78, 5) is 17.6. The second-order valence-electron chi connectivity index (χ2n) is 6.07. The fraction of sp³-hybridized carbons (Fsp3) is 0.571. The highest BCUT2D eigenvalue weighted by atomic mass is 35.5. The molecule has 0 saturated carbocycles. The van der Waals surface area contributed by atoms with E-state index < -0.39 is 6.09 Å². The zero-order chi connectivity index (χ0) is 15.4. The summed E-state index contributed by atoms with van der Waals surface area (Å²) in [6.07, 6.45) is 4.57. The van der Waals surface area contributed by atoms with Crippen molar-refractivity contribution in [2.24, 2.45) is 0 Å². The van der Waals surface area contributed by atoms with E-state index >= 15 is 0 Å². The van der Waals surface area contributed by atoms with Crippen LogP contribution in [0.5, 0.6) is 0 Å². The third kappa shape index (κ3) is 1.81. The van der Waals surface area contributed by atoms with Gasteiger partial charge in [-0.2, -0.15) is 0 Å². The summed E-state index contributed by atoms with van der Waals surface area (Å²) in [7, 11) is 0. The van der Waals surface area contributed by atoms with Crippen molar-refractivity contribution in [2.75, 3.05) is 0 Å². The van der Waals surface area contributed by atoms with Crippen molar-refractivity contribution in [3.05, 3.63) is 17.0 Å². The molecule has 0 spiro atoms. The monoisotopic (exact) mass is 321 g/mol. The van der Waals surface area contributed by atoms with Crippen LogP contribution >= 0.6 is 11.6 Å². The number of piperidine rings is 1. The maximum atomic E-state index is 11.5. The lowest BCUT2D eigenvalue weighted by molar-refractivity contribution is 0.0806. The zero-order valence-electron chi connectivity index (χ0n) is 12.1. The second-order valence-corrected chi connectivity index (χ2v) is 6.43. The zero-order valence-corrected chi connectivity index (χ0v) is 12.9. The lowest BCUT2D eigenvalue weighted by Crippen LogP contribution is -2.48. The van der Waals surface area contributed by atoms with Crippen LogP contribution in [0.15, 0.2) is 6.33 Å².